The van der Waals surface area contributed by atoms with E-state index >= 15 is 0 Å². The van der Waals surface area contributed by atoms with Crippen LogP contribution in [-0.2, 0) is 0 Å². The first kappa shape index (κ1) is 18.6. The van der Waals surface area contributed by atoms with E-state index in [2.05, 4.69) is 75.3 Å². The van der Waals surface area contributed by atoms with Gasteiger partial charge in [-0.2, -0.15) is 0 Å². The molecule has 3 rings (SSSR count). The molecule has 1 aromatic carbocycles. The maximum absolute atomic E-state index is 4.83. The van der Waals surface area contributed by atoms with Gasteiger partial charge in [0.2, 0.25) is 0 Å². The molecule has 1 aromatic heterocycles. The largest absolute Gasteiger partial charge is 0.379 e. The third-order valence-electron chi connectivity index (χ3n) is 5.39. The average Bonchev–Trinajstić information content (AvgIpc) is 2.59. The summed E-state index contributed by atoms with van der Waals surface area (Å²) in [4.78, 5) is 7.39. The Morgan fingerprint density at radius 3 is 2.35 bits per heavy atom. The number of nitrogens with one attached hydrogen (secondary N) is 2. The van der Waals surface area contributed by atoms with Crippen molar-refractivity contribution in [2.75, 3.05) is 28.6 Å². The van der Waals surface area contributed by atoms with Crippen molar-refractivity contribution in [2.24, 2.45) is 0 Å². The van der Waals surface area contributed by atoms with Gasteiger partial charge in [-0.1, -0.05) is 31.5 Å². The van der Waals surface area contributed by atoms with Crippen molar-refractivity contribution < 1.29 is 0 Å². The summed E-state index contributed by atoms with van der Waals surface area (Å²) in [5.41, 5.74) is 8.43. The lowest BCUT2D eigenvalue weighted by Crippen LogP contribution is -2.41. The summed E-state index contributed by atoms with van der Waals surface area (Å²) in [5, 5.41) is 7.23. The Morgan fingerprint density at radius 1 is 1.08 bits per heavy atom. The summed E-state index contributed by atoms with van der Waals surface area (Å²) in [7, 11) is 0. The number of rotatable bonds is 5. The number of hydrogen-bond acceptors (Lipinski definition) is 4. The number of fused-ring (bicyclic) bond motifs is 1. The molecule has 0 saturated heterocycles. The highest BCUT2D eigenvalue weighted by Gasteiger charge is 2.25. The van der Waals surface area contributed by atoms with Crippen LogP contribution in [0.2, 0.25) is 0 Å². The predicted molar refractivity (Wildman–Crippen MR) is 113 cm³/mol. The highest BCUT2D eigenvalue weighted by atomic mass is 15.2. The molecule has 0 spiro atoms. The highest BCUT2D eigenvalue weighted by molar-refractivity contribution is 5.86. The van der Waals surface area contributed by atoms with E-state index in [1.165, 1.54) is 22.4 Å². The van der Waals surface area contributed by atoms with Gasteiger partial charge >= 0.3 is 0 Å². The van der Waals surface area contributed by atoms with E-state index in [0.717, 1.165) is 48.8 Å². The van der Waals surface area contributed by atoms with Crippen molar-refractivity contribution in [2.45, 2.75) is 60.4 Å². The molecule has 2 heterocycles. The number of hydrogen-bond donors (Lipinski definition) is 2. The van der Waals surface area contributed by atoms with Gasteiger partial charge < -0.3 is 15.5 Å². The van der Waals surface area contributed by atoms with Crippen LogP contribution in [0.1, 0.15) is 49.1 Å². The van der Waals surface area contributed by atoms with Gasteiger partial charge in [0.05, 0.1) is 5.69 Å². The first-order valence-electron chi connectivity index (χ1n) is 9.81. The van der Waals surface area contributed by atoms with Crippen molar-refractivity contribution in [3.05, 3.63) is 40.6 Å². The molecule has 0 saturated carbocycles. The number of aryl methyl sites for hydroxylation is 4. The second-order valence-electron chi connectivity index (χ2n) is 7.50. The van der Waals surface area contributed by atoms with Gasteiger partial charge in [0.15, 0.2) is 5.82 Å². The fourth-order valence-electron chi connectivity index (χ4n) is 4.17. The third kappa shape index (κ3) is 3.50. The van der Waals surface area contributed by atoms with E-state index in [4.69, 9.17) is 4.98 Å². The Balaban J connectivity index is 2.05. The third-order valence-corrected chi connectivity index (χ3v) is 5.39. The monoisotopic (exact) mass is 352 g/mol. The fraction of sp³-hybridized carbons (Fsp3) is 0.500. The van der Waals surface area contributed by atoms with Gasteiger partial charge in [-0.3, -0.25) is 0 Å². The van der Waals surface area contributed by atoms with E-state index in [-0.39, 0.29) is 0 Å². The van der Waals surface area contributed by atoms with Crippen LogP contribution in [0.5, 0.6) is 0 Å². The minimum absolute atomic E-state index is 0.577. The molecule has 0 unspecified atom stereocenters. The van der Waals surface area contributed by atoms with Crippen LogP contribution in [0, 0.1) is 27.7 Å². The summed E-state index contributed by atoms with van der Waals surface area (Å²) in [5.74, 6) is 0.936. The first-order chi connectivity index (χ1) is 12.4. The zero-order valence-corrected chi connectivity index (χ0v) is 17.0. The zero-order valence-electron chi connectivity index (χ0n) is 17.0. The molecule has 2 N–H and O–H groups in total. The Kier molecular flexibility index (Phi) is 5.40. The van der Waals surface area contributed by atoms with Gasteiger partial charge in [-0.25, -0.2) is 4.98 Å². The maximum Gasteiger partial charge on any atom is 0.156 e. The van der Waals surface area contributed by atoms with Crippen molar-refractivity contribution in [3.63, 3.8) is 0 Å². The van der Waals surface area contributed by atoms with E-state index in [1.807, 2.05) is 0 Å². The van der Waals surface area contributed by atoms with E-state index in [1.54, 1.807) is 0 Å². The summed E-state index contributed by atoms with van der Waals surface area (Å²) in [6.07, 6.45) is 2.33. The molecule has 1 aliphatic heterocycles. The second-order valence-corrected chi connectivity index (χ2v) is 7.50. The van der Waals surface area contributed by atoms with Gasteiger partial charge in [0.1, 0.15) is 5.69 Å². The highest BCUT2D eigenvalue weighted by Crippen LogP contribution is 2.39. The molecule has 4 heteroatoms. The molecule has 26 heavy (non-hydrogen) atoms. The number of aromatic nitrogens is 1. The minimum atomic E-state index is 0.577. The Bertz CT molecular complexity index is 770. The standard InChI is InChI=1S/C22H32N4/c1-7-18(8-2)26-10-9-23-21-19(26)13-17(6)24-22(21)25-20-15(4)11-14(3)12-16(20)5/h11-13,18,23H,7-10H2,1-6H3,(H,24,25). The molecular weight excluding hydrogens is 320 g/mol. The molecule has 1 aliphatic rings. The first-order valence-corrected chi connectivity index (χ1v) is 9.81. The Morgan fingerprint density at radius 2 is 1.73 bits per heavy atom. The molecule has 0 bridgehead atoms. The Hall–Kier alpha value is -2.23. The lowest BCUT2D eigenvalue weighted by molar-refractivity contribution is 0.557. The number of pyridine rings is 1. The minimum Gasteiger partial charge on any atom is -0.379 e. The Labute approximate surface area is 158 Å². The number of nitrogens with zero attached hydrogens (tertiary/aromatic N) is 2. The summed E-state index contributed by atoms with van der Waals surface area (Å²) in [6, 6.07) is 7.25. The van der Waals surface area contributed by atoms with Crippen LogP contribution in [0.3, 0.4) is 0 Å². The molecule has 2 aromatic rings. The summed E-state index contributed by atoms with van der Waals surface area (Å²) >= 11 is 0. The lowest BCUT2D eigenvalue weighted by atomic mass is 10.0. The van der Waals surface area contributed by atoms with Crippen LogP contribution < -0.4 is 15.5 Å². The van der Waals surface area contributed by atoms with Crippen LogP contribution in [-0.4, -0.2) is 24.1 Å². The second kappa shape index (κ2) is 7.56. The molecule has 0 radical (unpaired) electrons. The predicted octanol–water partition coefficient (Wildman–Crippen LogP) is 5.48. The quantitative estimate of drug-likeness (QED) is 0.747. The molecule has 0 fully saturated rings. The molecule has 0 amide bonds. The van der Waals surface area contributed by atoms with Crippen LogP contribution in [0.4, 0.5) is 22.9 Å². The van der Waals surface area contributed by atoms with Gasteiger partial charge in [-0.05, 0) is 57.7 Å². The van der Waals surface area contributed by atoms with E-state index < -0.39 is 0 Å². The molecular formula is C22H32N4. The van der Waals surface area contributed by atoms with Crippen LogP contribution in [0.15, 0.2) is 18.2 Å². The SMILES string of the molecule is CCC(CC)N1CCNc2c1cc(C)nc2Nc1c(C)cc(C)cc1C. The molecule has 0 atom stereocenters. The lowest BCUT2D eigenvalue weighted by Gasteiger charge is -2.38. The van der Waals surface area contributed by atoms with Gasteiger partial charge in [0, 0.05) is 30.5 Å². The van der Waals surface area contributed by atoms with E-state index in [9.17, 15) is 0 Å². The van der Waals surface area contributed by atoms with Crippen LogP contribution in [0.25, 0.3) is 0 Å². The summed E-state index contributed by atoms with van der Waals surface area (Å²) < 4.78 is 0. The normalized spacial score (nSPS) is 13.6. The summed E-state index contributed by atoms with van der Waals surface area (Å²) in [6.45, 7) is 15.1. The van der Waals surface area contributed by atoms with Crippen molar-refractivity contribution in [1.82, 2.24) is 4.98 Å². The topological polar surface area (TPSA) is 40.2 Å². The van der Waals surface area contributed by atoms with Crippen molar-refractivity contribution in [3.8, 4) is 0 Å². The van der Waals surface area contributed by atoms with Crippen molar-refractivity contribution in [1.29, 1.82) is 0 Å². The van der Waals surface area contributed by atoms with E-state index in [0.29, 0.717) is 6.04 Å². The van der Waals surface area contributed by atoms with Crippen LogP contribution >= 0.6 is 0 Å². The average molecular weight is 353 g/mol. The molecule has 140 valence electrons. The molecule has 0 aliphatic carbocycles. The molecule has 4 nitrogen and oxygen atoms in total. The van der Waals surface area contributed by atoms with Gasteiger partial charge in [0.25, 0.3) is 0 Å². The smallest absolute Gasteiger partial charge is 0.156 e. The number of anilines is 4. The fourth-order valence-corrected chi connectivity index (χ4v) is 4.17. The van der Waals surface area contributed by atoms with Crippen molar-refractivity contribution >= 4 is 22.9 Å². The van der Waals surface area contributed by atoms with Gasteiger partial charge in [-0.15, -0.1) is 0 Å². The zero-order chi connectivity index (χ0) is 18.8. The number of benzene rings is 1. The maximum atomic E-state index is 4.83.